The third kappa shape index (κ3) is 6.37. The summed E-state index contributed by atoms with van der Waals surface area (Å²) >= 11 is -2.65. The van der Waals surface area contributed by atoms with Gasteiger partial charge in [0, 0.05) is 49.9 Å². The third-order valence-corrected chi connectivity index (χ3v) is 5.11. The zero-order chi connectivity index (χ0) is 23.5. The normalized spacial score (nSPS) is 16.0. The molecule has 1 aliphatic rings. The molecule has 1 atom stereocenters. The maximum Gasteiger partial charge on any atom is 0.573 e. The zero-order valence-electron chi connectivity index (χ0n) is 16.4. The highest BCUT2D eigenvalue weighted by atomic mass is 32.2. The van der Waals surface area contributed by atoms with E-state index in [9.17, 15) is 31.0 Å². The number of halogens is 5. The van der Waals surface area contributed by atoms with E-state index in [0.717, 1.165) is 24.3 Å². The SMILES string of the molecule is O=C(c1ccc(NS(=O)O)c(OC(F)(F)F)c1)N1CCN(Cc2ccc(F)cc2F)CC1. The van der Waals surface area contributed by atoms with Gasteiger partial charge in [-0.3, -0.25) is 19.0 Å². The molecule has 0 radical (unpaired) electrons. The Morgan fingerprint density at radius 3 is 2.38 bits per heavy atom. The second-order valence-corrected chi connectivity index (χ2v) is 7.62. The summed E-state index contributed by atoms with van der Waals surface area (Å²) in [7, 11) is 0. The van der Waals surface area contributed by atoms with E-state index in [2.05, 4.69) is 4.74 Å². The molecule has 32 heavy (non-hydrogen) atoms. The number of hydrogen-bond donors (Lipinski definition) is 2. The van der Waals surface area contributed by atoms with Gasteiger partial charge in [0.15, 0.2) is 5.75 Å². The lowest BCUT2D eigenvalue weighted by Gasteiger charge is -2.35. The molecule has 1 amide bonds. The van der Waals surface area contributed by atoms with E-state index >= 15 is 0 Å². The molecule has 0 bridgehead atoms. The summed E-state index contributed by atoms with van der Waals surface area (Å²) in [6.45, 7) is 1.43. The molecule has 3 rings (SSSR count). The molecule has 174 valence electrons. The number of alkyl halides is 3. The molecule has 1 unspecified atom stereocenters. The fourth-order valence-corrected chi connectivity index (χ4v) is 3.58. The average molecular weight is 479 g/mol. The van der Waals surface area contributed by atoms with Crippen molar-refractivity contribution in [2.24, 2.45) is 0 Å². The Balaban J connectivity index is 1.67. The topological polar surface area (TPSA) is 82.1 Å². The summed E-state index contributed by atoms with van der Waals surface area (Å²) in [6.07, 6.45) is -5.07. The molecule has 0 spiro atoms. The van der Waals surface area contributed by atoms with Crippen molar-refractivity contribution in [1.82, 2.24) is 9.80 Å². The Kier molecular flexibility index (Phi) is 7.31. The largest absolute Gasteiger partial charge is 0.573 e. The fraction of sp³-hybridized carbons (Fsp3) is 0.316. The third-order valence-electron chi connectivity index (χ3n) is 4.72. The van der Waals surface area contributed by atoms with E-state index < -0.39 is 46.6 Å². The number of nitrogens with one attached hydrogen (secondary N) is 1. The van der Waals surface area contributed by atoms with E-state index in [4.69, 9.17) is 4.55 Å². The van der Waals surface area contributed by atoms with E-state index in [1.54, 1.807) is 0 Å². The lowest BCUT2D eigenvalue weighted by Crippen LogP contribution is -2.48. The average Bonchev–Trinajstić information content (AvgIpc) is 2.70. The van der Waals surface area contributed by atoms with Crippen LogP contribution in [0.25, 0.3) is 0 Å². The van der Waals surface area contributed by atoms with Gasteiger partial charge in [-0.25, -0.2) is 13.0 Å². The van der Waals surface area contributed by atoms with Crippen LogP contribution in [0.4, 0.5) is 27.6 Å². The van der Waals surface area contributed by atoms with E-state index in [1.165, 1.54) is 17.0 Å². The minimum atomic E-state index is -5.07. The molecular weight excluding hydrogens is 461 g/mol. The summed E-state index contributed by atoms with van der Waals surface area (Å²) < 4.78 is 90.4. The van der Waals surface area contributed by atoms with Gasteiger partial charge in [0.25, 0.3) is 17.2 Å². The van der Waals surface area contributed by atoms with Crippen LogP contribution in [0.5, 0.6) is 5.75 Å². The van der Waals surface area contributed by atoms with Crippen molar-refractivity contribution in [2.45, 2.75) is 12.9 Å². The number of nitrogens with zero attached hydrogens (tertiary/aromatic N) is 2. The van der Waals surface area contributed by atoms with Gasteiger partial charge in [0.05, 0.1) is 5.69 Å². The van der Waals surface area contributed by atoms with Crippen LogP contribution >= 0.6 is 0 Å². The van der Waals surface area contributed by atoms with E-state index in [1.807, 2.05) is 9.62 Å². The first-order chi connectivity index (χ1) is 15.0. The number of piperazine rings is 1. The van der Waals surface area contributed by atoms with Crippen molar-refractivity contribution in [2.75, 3.05) is 30.9 Å². The number of carbonyl (C=O) groups is 1. The van der Waals surface area contributed by atoms with Gasteiger partial charge in [0.1, 0.15) is 11.6 Å². The Bertz CT molecular complexity index is 1010. The highest BCUT2D eigenvalue weighted by Gasteiger charge is 2.33. The first kappa shape index (κ1) is 23.9. The second-order valence-electron chi connectivity index (χ2n) is 6.91. The number of benzene rings is 2. The number of hydrogen-bond acceptors (Lipinski definition) is 4. The van der Waals surface area contributed by atoms with Crippen LogP contribution in [0.2, 0.25) is 0 Å². The molecule has 2 aromatic rings. The molecule has 1 aliphatic heterocycles. The molecule has 0 saturated carbocycles. The number of carbonyl (C=O) groups excluding carboxylic acids is 1. The molecule has 2 aromatic carbocycles. The Morgan fingerprint density at radius 2 is 1.78 bits per heavy atom. The molecule has 1 saturated heterocycles. The number of amides is 1. The maximum atomic E-state index is 13.8. The Morgan fingerprint density at radius 1 is 1.09 bits per heavy atom. The van der Waals surface area contributed by atoms with Gasteiger partial charge in [-0.1, -0.05) is 6.07 Å². The Labute approximate surface area is 182 Å². The van der Waals surface area contributed by atoms with Crippen LogP contribution in [0.1, 0.15) is 15.9 Å². The van der Waals surface area contributed by atoms with Crippen molar-refractivity contribution < 1.29 is 40.2 Å². The maximum absolute atomic E-state index is 13.8. The summed E-state index contributed by atoms with van der Waals surface area (Å²) in [5.74, 6) is -2.72. The van der Waals surface area contributed by atoms with Gasteiger partial charge >= 0.3 is 6.36 Å². The summed E-state index contributed by atoms with van der Waals surface area (Å²) in [4.78, 5) is 16.0. The molecule has 1 heterocycles. The van der Waals surface area contributed by atoms with Crippen LogP contribution < -0.4 is 9.46 Å². The molecule has 2 N–H and O–H groups in total. The zero-order valence-corrected chi connectivity index (χ0v) is 17.2. The van der Waals surface area contributed by atoms with Crippen molar-refractivity contribution in [3.63, 3.8) is 0 Å². The fourth-order valence-electron chi connectivity index (χ4n) is 3.23. The minimum Gasteiger partial charge on any atom is -0.404 e. The van der Waals surface area contributed by atoms with Crippen molar-refractivity contribution in [3.05, 3.63) is 59.2 Å². The summed E-state index contributed by atoms with van der Waals surface area (Å²) in [6, 6.07) is 6.38. The lowest BCUT2D eigenvalue weighted by molar-refractivity contribution is -0.274. The van der Waals surface area contributed by atoms with E-state index in [-0.39, 0.29) is 25.2 Å². The molecule has 13 heteroatoms. The number of rotatable bonds is 6. The van der Waals surface area contributed by atoms with Crippen LogP contribution in [0.3, 0.4) is 0 Å². The first-order valence-corrected chi connectivity index (χ1v) is 10.4. The number of anilines is 1. The monoisotopic (exact) mass is 479 g/mol. The highest BCUT2D eigenvalue weighted by Crippen LogP contribution is 2.32. The van der Waals surface area contributed by atoms with Crippen LogP contribution in [0.15, 0.2) is 36.4 Å². The number of ether oxygens (including phenoxy) is 1. The molecule has 7 nitrogen and oxygen atoms in total. The van der Waals surface area contributed by atoms with Gasteiger partial charge in [-0.15, -0.1) is 13.2 Å². The minimum absolute atomic E-state index is 0.100. The molecule has 0 aliphatic carbocycles. The van der Waals surface area contributed by atoms with Crippen LogP contribution in [-0.4, -0.2) is 57.0 Å². The summed E-state index contributed by atoms with van der Waals surface area (Å²) in [5.41, 5.74) is -0.202. The second kappa shape index (κ2) is 9.79. The van der Waals surface area contributed by atoms with Gasteiger partial charge < -0.3 is 9.64 Å². The predicted molar refractivity (Wildman–Crippen MR) is 105 cm³/mol. The lowest BCUT2D eigenvalue weighted by atomic mass is 10.1. The van der Waals surface area contributed by atoms with E-state index in [0.29, 0.717) is 18.7 Å². The standard InChI is InChI=1S/C19H18F5N3O4S/c20-14-3-1-13(15(21)10-14)11-26-5-7-27(8-6-26)18(28)12-2-4-16(25-32(29)30)17(9-12)31-19(22,23)24/h1-4,9-10,25H,5-8,11H2,(H,29,30). The van der Waals surface area contributed by atoms with Gasteiger partial charge in [-0.2, -0.15) is 0 Å². The molecule has 1 fully saturated rings. The quantitative estimate of drug-likeness (QED) is 0.491. The highest BCUT2D eigenvalue weighted by molar-refractivity contribution is 7.80. The van der Waals surface area contributed by atoms with Crippen LogP contribution in [-0.2, 0) is 17.8 Å². The summed E-state index contributed by atoms with van der Waals surface area (Å²) in [5, 5.41) is 0. The van der Waals surface area contributed by atoms with Gasteiger partial charge in [-0.05, 0) is 24.3 Å². The van der Waals surface area contributed by atoms with Crippen molar-refractivity contribution in [1.29, 1.82) is 0 Å². The van der Waals surface area contributed by atoms with Gasteiger partial charge in [0.2, 0.25) is 0 Å². The predicted octanol–water partition coefficient (Wildman–Crippen LogP) is 3.37. The first-order valence-electron chi connectivity index (χ1n) is 9.25. The molecule has 0 aromatic heterocycles. The van der Waals surface area contributed by atoms with Crippen molar-refractivity contribution >= 4 is 22.9 Å². The van der Waals surface area contributed by atoms with Crippen molar-refractivity contribution in [3.8, 4) is 5.75 Å². The molecular formula is C19H18F5N3O4S. The van der Waals surface area contributed by atoms with Crippen LogP contribution in [0, 0.1) is 11.6 Å². The smallest absolute Gasteiger partial charge is 0.404 e. The Hall–Kier alpha value is -2.77.